The van der Waals surface area contributed by atoms with Gasteiger partial charge in [0.15, 0.2) is 6.10 Å². The molecule has 0 aliphatic carbocycles. The van der Waals surface area contributed by atoms with Crippen LogP contribution in [0.1, 0.15) is 20.3 Å². The van der Waals surface area contributed by atoms with Gasteiger partial charge in [0.05, 0.1) is 5.02 Å². The smallest absolute Gasteiger partial charge is 0.438 e. The minimum atomic E-state index is -5.07. The third-order valence-corrected chi connectivity index (χ3v) is 3.86. The maximum Gasteiger partial charge on any atom is 0.438 e. The average Bonchev–Trinajstić information content (AvgIpc) is 2.77. The lowest BCUT2D eigenvalue weighted by atomic mass is 10.1. The highest BCUT2D eigenvalue weighted by Gasteiger charge is 2.63. The van der Waals surface area contributed by atoms with Crippen molar-refractivity contribution in [1.29, 1.82) is 0 Å². The molecule has 1 amide bonds. The molecular weight excluding hydrogens is 372 g/mol. The fourth-order valence-electron chi connectivity index (χ4n) is 2.16. The Morgan fingerprint density at radius 1 is 1.46 bits per heavy atom. The second-order valence-electron chi connectivity index (χ2n) is 5.31. The SMILES string of the molecule is CC1=NN(C(=O)[C@H](C)Oc2ccc(Cl)cc2Cl)[C@](O)(C(F)(F)F)C1. The van der Waals surface area contributed by atoms with Gasteiger partial charge in [0, 0.05) is 17.2 Å². The number of aliphatic hydroxyl groups is 1. The van der Waals surface area contributed by atoms with Gasteiger partial charge in [0.1, 0.15) is 5.75 Å². The zero-order valence-electron chi connectivity index (χ0n) is 12.6. The minimum Gasteiger partial charge on any atom is -0.479 e. The monoisotopic (exact) mass is 384 g/mol. The molecule has 2 rings (SSSR count). The Bertz CT molecular complexity index is 696. The molecule has 0 spiro atoms. The van der Waals surface area contributed by atoms with Crippen molar-refractivity contribution >= 4 is 34.8 Å². The fraction of sp³-hybridized carbons (Fsp3) is 0.429. The van der Waals surface area contributed by atoms with E-state index in [9.17, 15) is 23.1 Å². The summed E-state index contributed by atoms with van der Waals surface area (Å²) >= 11 is 11.6. The number of benzene rings is 1. The zero-order valence-corrected chi connectivity index (χ0v) is 14.1. The van der Waals surface area contributed by atoms with E-state index in [1.165, 1.54) is 32.0 Å². The molecule has 0 aromatic heterocycles. The molecule has 1 N–H and O–H groups in total. The van der Waals surface area contributed by atoms with Crippen LogP contribution in [0.5, 0.6) is 5.75 Å². The van der Waals surface area contributed by atoms with Crippen LogP contribution in [-0.4, -0.2) is 39.7 Å². The molecule has 1 aromatic rings. The summed E-state index contributed by atoms with van der Waals surface area (Å²) in [5, 5.41) is 13.8. The maximum absolute atomic E-state index is 13.1. The number of hydrogen-bond acceptors (Lipinski definition) is 4. The Labute approximate surface area is 145 Å². The van der Waals surface area contributed by atoms with Crippen LogP contribution in [-0.2, 0) is 4.79 Å². The molecule has 1 aliphatic rings. The van der Waals surface area contributed by atoms with E-state index in [4.69, 9.17) is 27.9 Å². The van der Waals surface area contributed by atoms with Gasteiger partial charge in [-0.3, -0.25) is 4.79 Å². The fourth-order valence-corrected chi connectivity index (χ4v) is 2.61. The summed E-state index contributed by atoms with van der Waals surface area (Å²) in [5.41, 5.74) is -3.42. The van der Waals surface area contributed by atoms with Crippen molar-refractivity contribution in [2.45, 2.75) is 38.3 Å². The molecule has 0 bridgehead atoms. The molecule has 0 saturated carbocycles. The number of amides is 1. The van der Waals surface area contributed by atoms with Crippen molar-refractivity contribution in [2.24, 2.45) is 5.10 Å². The second kappa shape index (κ2) is 6.42. The number of rotatable bonds is 3. The van der Waals surface area contributed by atoms with Gasteiger partial charge in [-0.15, -0.1) is 0 Å². The van der Waals surface area contributed by atoms with Crippen LogP contribution in [0.2, 0.25) is 10.0 Å². The van der Waals surface area contributed by atoms with Gasteiger partial charge < -0.3 is 9.84 Å². The Morgan fingerprint density at radius 3 is 2.62 bits per heavy atom. The molecule has 2 atom stereocenters. The zero-order chi connectivity index (χ0) is 18.3. The normalized spacial score (nSPS) is 22.3. The molecule has 1 heterocycles. The molecule has 0 saturated heterocycles. The van der Waals surface area contributed by atoms with Crippen molar-refractivity contribution in [1.82, 2.24) is 5.01 Å². The second-order valence-corrected chi connectivity index (χ2v) is 6.15. The third kappa shape index (κ3) is 3.45. The van der Waals surface area contributed by atoms with Crippen molar-refractivity contribution in [3.8, 4) is 5.75 Å². The third-order valence-electron chi connectivity index (χ3n) is 3.33. The molecule has 0 radical (unpaired) electrons. The summed E-state index contributed by atoms with van der Waals surface area (Å²) in [4.78, 5) is 12.3. The highest BCUT2D eigenvalue weighted by atomic mass is 35.5. The number of alkyl halides is 3. The minimum absolute atomic E-state index is 0.0107. The van der Waals surface area contributed by atoms with Crippen molar-refractivity contribution in [2.75, 3.05) is 0 Å². The first-order valence-electron chi connectivity index (χ1n) is 6.74. The lowest BCUT2D eigenvalue weighted by molar-refractivity contribution is -0.303. The summed E-state index contributed by atoms with van der Waals surface area (Å²) in [5.74, 6) is -1.09. The summed E-state index contributed by atoms with van der Waals surface area (Å²) in [7, 11) is 0. The number of halogens is 5. The van der Waals surface area contributed by atoms with E-state index >= 15 is 0 Å². The van der Waals surface area contributed by atoms with E-state index in [2.05, 4.69) is 5.10 Å². The Hall–Kier alpha value is -1.51. The molecule has 1 aliphatic heterocycles. The van der Waals surface area contributed by atoms with E-state index in [1.54, 1.807) is 0 Å². The first-order valence-corrected chi connectivity index (χ1v) is 7.50. The first-order chi connectivity index (χ1) is 11.0. The van der Waals surface area contributed by atoms with Crippen LogP contribution in [0.3, 0.4) is 0 Å². The molecular formula is C14H13Cl2F3N2O3. The Kier molecular flexibility index (Phi) is 5.03. The van der Waals surface area contributed by atoms with E-state index in [0.29, 0.717) is 5.02 Å². The van der Waals surface area contributed by atoms with E-state index in [-0.39, 0.29) is 21.5 Å². The van der Waals surface area contributed by atoms with Crippen molar-refractivity contribution in [3.05, 3.63) is 28.2 Å². The highest BCUT2D eigenvalue weighted by molar-refractivity contribution is 6.35. The molecule has 5 nitrogen and oxygen atoms in total. The predicted molar refractivity (Wildman–Crippen MR) is 82.1 cm³/mol. The lowest BCUT2D eigenvalue weighted by Crippen LogP contribution is -2.58. The van der Waals surface area contributed by atoms with Crippen LogP contribution in [0.25, 0.3) is 0 Å². The average molecular weight is 385 g/mol. The summed E-state index contributed by atoms with van der Waals surface area (Å²) < 4.78 is 44.7. The number of carbonyl (C=O) groups excluding carboxylic acids is 1. The largest absolute Gasteiger partial charge is 0.479 e. The van der Waals surface area contributed by atoms with E-state index in [1.807, 2.05) is 0 Å². The van der Waals surface area contributed by atoms with Crippen molar-refractivity contribution in [3.63, 3.8) is 0 Å². The van der Waals surface area contributed by atoms with Gasteiger partial charge in [-0.25, -0.2) is 0 Å². The number of ether oxygens (including phenoxy) is 1. The topological polar surface area (TPSA) is 62.1 Å². The van der Waals surface area contributed by atoms with Gasteiger partial charge in [-0.2, -0.15) is 23.3 Å². The van der Waals surface area contributed by atoms with E-state index in [0.717, 1.165) is 0 Å². The molecule has 24 heavy (non-hydrogen) atoms. The van der Waals surface area contributed by atoms with Gasteiger partial charge in [-0.05, 0) is 32.0 Å². The first kappa shape index (κ1) is 18.8. The number of hydrogen-bond donors (Lipinski definition) is 1. The highest BCUT2D eigenvalue weighted by Crippen LogP contribution is 2.40. The van der Waals surface area contributed by atoms with Crippen LogP contribution < -0.4 is 4.74 Å². The molecule has 0 fully saturated rings. The quantitative estimate of drug-likeness (QED) is 0.865. The standard InChI is InChI=1S/C14H13Cl2F3N2O3/c1-7-6-13(23,14(17,18)19)21(20-7)12(22)8(2)24-11-4-3-9(15)5-10(11)16/h3-5,8,23H,6H2,1-2H3/t8-,13+/m0/s1. The molecule has 1 aromatic carbocycles. The summed E-state index contributed by atoms with van der Waals surface area (Å²) in [6.07, 6.45) is -7.26. The Balaban J connectivity index is 2.23. The lowest BCUT2D eigenvalue weighted by Gasteiger charge is -2.33. The predicted octanol–water partition coefficient (Wildman–Crippen LogP) is 3.62. The molecule has 10 heteroatoms. The van der Waals surface area contributed by atoms with Crippen LogP contribution in [0, 0.1) is 0 Å². The van der Waals surface area contributed by atoms with Gasteiger partial charge in [-0.1, -0.05) is 23.2 Å². The van der Waals surface area contributed by atoms with E-state index < -0.39 is 30.3 Å². The number of nitrogens with zero attached hydrogens (tertiary/aromatic N) is 2. The van der Waals surface area contributed by atoms with Gasteiger partial charge >= 0.3 is 6.18 Å². The summed E-state index contributed by atoms with van der Waals surface area (Å²) in [6.45, 7) is 2.51. The number of carbonyl (C=O) groups is 1. The summed E-state index contributed by atoms with van der Waals surface area (Å²) in [6, 6.07) is 4.19. The van der Waals surface area contributed by atoms with Crippen LogP contribution in [0.4, 0.5) is 13.2 Å². The maximum atomic E-state index is 13.1. The molecule has 0 unspecified atom stereocenters. The van der Waals surface area contributed by atoms with Crippen LogP contribution in [0.15, 0.2) is 23.3 Å². The number of hydrazone groups is 1. The van der Waals surface area contributed by atoms with Gasteiger partial charge in [0.25, 0.3) is 11.6 Å². The van der Waals surface area contributed by atoms with Crippen LogP contribution >= 0.6 is 23.2 Å². The molecule has 132 valence electrons. The van der Waals surface area contributed by atoms with Crippen molar-refractivity contribution < 1.29 is 27.8 Å². The Morgan fingerprint density at radius 2 is 2.08 bits per heavy atom. The van der Waals surface area contributed by atoms with Gasteiger partial charge in [0.2, 0.25) is 0 Å².